The Hall–Kier alpha value is -0.690. The van der Waals surface area contributed by atoms with E-state index in [-0.39, 0.29) is 0 Å². The van der Waals surface area contributed by atoms with Crippen molar-refractivity contribution in [3.8, 4) is 0 Å². The largest absolute Gasteiger partial charge is 0.385 e. The Balaban J connectivity index is 1.95. The van der Waals surface area contributed by atoms with Crippen molar-refractivity contribution in [2.24, 2.45) is 0 Å². The van der Waals surface area contributed by atoms with Crippen molar-refractivity contribution < 1.29 is 0 Å². The first-order chi connectivity index (χ1) is 8.33. The lowest BCUT2D eigenvalue weighted by atomic mass is 10.1. The van der Waals surface area contributed by atoms with Crippen LogP contribution in [-0.2, 0) is 0 Å². The fourth-order valence-electron chi connectivity index (χ4n) is 1.88. The summed E-state index contributed by atoms with van der Waals surface area (Å²) < 4.78 is 0. The highest BCUT2D eigenvalue weighted by Gasteiger charge is 1.93. The molecule has 0 saturated carbocycles. The van der Waals surface area contributed by atoms with Crippen LogP contribution in [0, 0.1) is 0 Å². The minimum atomic E-state index is 0.798. The van der Waals surface area contributed by atoms with Gasteiger partial charge in [-0.05, 0) is 30.7 Å². The molecule has 0 unspecified atom stereocenters. The zero-order valence-corrected chi connectivity index (χ0v) is 11.6. The van der Waals surface area contributed by atoms with Gasteiger partial charge in [0, 0.05) is 17.3 Å². The first-order valence-electron chi connectivity index (χ1n) is 6.82. The standard InChI is InChI=1S/C15H24ClN/c1-2-3-4-5-6-7-8-13-17-15-11-9-14(16)10-12-15/h9-12,17H,2-8,13H2,1H3. The van der Waals surface area contributed by atoms with Gasteiger partial charge in [-0.25, -0.2) is 0 Å². The second kappa shape index (κ2) is 9.35. The van der Waals surface area contributed by atoms with Crippen LogP contribution in [-0.4, -0.2) is 6.54 Å². The van der Waals surface area contributed by atoms with Crippen molar-refractivity contribution in [3.63, 3.8) is 0 Å². The van der Waals surface area contributed by atoms with E-state index in [0.717, 1.165) is 11.6 Å². The lowest BCUT2D eigenvalue weighted by molar-refractivity contribution is 0.596. The predicted octanol–water partition coefficient (Wildman–Crippen LogP) is 5.50. The smallest absolute Gasteiger partial charge is 0.0407 e. The number of rotatable bonds is 9. The number of halogens is 1. The molecule has 0 amide bonds. The molecular weight excluding hydrogens is 230 g/mol. The van der Waals surface area contributed by atoms with Gasteiger partial charge in [0.05, 0.1) is 0 Å². The summed E-state index contributed by atoms with van der Waals surface area (Å²) in [6, 6.07) is 7.91. The lowest BCUT2D eigenvalue weighted by Crippen LogP contribution is -2.00. The SMILES string of the molecule is CCCCCCCCCNc1ccc(Cl)cc1. The summed E-state index contributed by atoms with van der Waals surface area (Å²) in [5.74, 6) is 0. The van der Waals surface area contributed by atoms with E-state index < -0.39 is 0 Å². The molecule has 0 fully saturated rings. The maximum Gasteiger partial charge on any atom is 0.0407 e. The van der Waals surface area contributed by atoms with E-state index in [4.69, 9.17) is 11.6 Å². The van der Waals surface area contributed by atoms with Crippen LogP contribution < -0.4 is 5.32 Å². The molecule has 0 spiro atoms. The predicted molar refractivity (Wildman–Crippen MR) is 77.9 cm³/mol. The van der Waals surface area contributed by atoms with E-state index in [0.29, 0.717) is 0 Å². The number of anilines is 1. The normalized spacial score (nSPS) is 10.5. The van der Waals surface area contributed by atoms with Gasteiger partial charge in [0.25, 0.3) is 0 Å². The van der Waals surface area contributed by atoms with Gasteiger partial charge in [-0.1, -0.05) is 57.0 Å². The molecule has 0 heterocycles. The molecule has 0 bridgehead atoms. The quantitative estimate of drug-likeness (QED) is 0.573. The van der Waals surface area contributed by atoms with Crippen LogP contribution in [0.5, 0.6) is 0 Å². The molecule has 1 aromatic rings. The molecule has 0 saturated heterocycles. The number of hydrogen-bond acceptors (Lipinski definition) is 1. The Morgan fingerprint density at radius 2 is 1.47 bits per heavy atom. The third-order valence-corrected chi connectivity index (χ3v) is 3.21. The molecule has 0 radical (unpaired) electrons. The van der Waals surface area contributed by atoms with Crippen molar-refractivity contribution in [1.29, 1.82) is 0 Å². The first kappa shape index (κ1) is 14.4. The van der Waals surface area contributed by atoms with E-state index in [1.54, 1.807) is 0 Å². The molecule has 1 N–H and O–H groups in total. The summed E-state index contributed by atoms with van der Waals surface area (Å²) in [4.78, 5) is 0. The van der Waals surface area contributed by atoms with Gasteiger partial charge in [-0.2, -0.15) is 0 Å². The summed E-state index contributed by atoms with van der Waals surface area (Å²) in [5, 5.41) is 4.21. The molecule has 0 aliphatic heterocycles. The van der Waals surface area contributed by atoms with Gasteiger partial charge >= 0.3 is 0 Å². The van der Waals surface area contributed by atoms with E-state index in [2.05, 4.69) is 12.2 Å². The van der Waals surface area contributed by atoms with Gasteiger partial charge in [0.15, 0.2) is 0 Å². The number of hydrogen-bond donors (Lipinski definition) is 1. The van der Waals surface area contributed by atoms with Gasteiger partial charge in [0.1, 0.15) is 0 Å². The van der Waals surface area contributed by atoms with Gasteiger partial charge in [0.2, 0.25) is 0 Å². The van der Waals surface area contributed by atoms with E-state index in [1.807, 2.05) is 24.3 Å². The second-order valence-corrected chi connectivity index (χ2v) is 4.99. The minimum Gasteiger partial charge on any atom is -0.385 e. The number of unbranched alkanes of at least 4 members (excludes halogenated alkanes) is 6. The maximum atomic E-state index is 5.83. The van der Waals surface area contributed by atoms with E-state index >= 15 is 0 Å². The molecule has 0 atom stereocenters. The van der Waals surface area contributed by atoms with Crippen molar-refractivity contribution in [3.05, 3.63) is 29.3 Å². The molecule has 1 rings (SSSR count). The summed E-state index contributed by atoms with van der Waals surface area (Å²) in [6.45, 7) is 3.32. The fourth-order valence-corrected chi connectivity index (χ4v) is 2.01. The highest BCUT2D eigenvalue weighted by molar-refractivity contribution is 6.30. The van der Waals surface area contributed by atoms with Crippen LogP contribution in [0.3, 0.4) is 0 Å². The van der Waals surface area contributed by atoms with Gasteiger partial charge in [-0.3, -0.25) is 0 Å². The first-order valence-corrected chi connectivity index (χ1v) is 7.20. The zero-order chi connectivity index (χ0) is 12.3. The third-order valence-electron chi connectivity index (χ3n) is 2.95. The average molecular weight is 254 g/mol. The molecule has 96 valence electrons. The van der Waals surface area contributed by atoms with Crippen LogP contribution in [0.2, 0.25) is 5.02 Å². The van der Waals surface area contributed by atoms with Crippen LogP contribution >= 0.6 is 11.6 Å². The van der Waals surface area contributed by atoms with Crippen molar-refractivity contribution in [1.82, 2.24) is 0 Å². The van der Waals surface area contributed by atoms with Crippen molar-refractivity contribution in [2.75, 3.05) is 11.9 Å². The van der Waals surface area contributed by atoms with Crippen molar-refractivity contribution in [2.45, 2.75) is 51.9 Å². The van der Waals surface area contributed by atoms with E-state index in [9.17, 15) is 0 Å². The molecule has 0 aliphatic rings. The number of benzene rings is 1. The monoisotopic (exact) mass is 253 g/mol. The van der Waals surface area contributed by atoms with Crippen LogP contribution in [0.15, 0.2) is 24.3 Å². The second-order valence-electron chi connectivity index (χ2n) is 4.55. The summed E-state index contributed by atoms with van der Waals surface area (Å²) in [7, 11) is 0. The Labute approximate surface area is 111 Å². The Morgan fingerprint density at radius 1 is 0.882 bits per heavy atom. The minimum absolute atomic E-state index is 0.798. The van der Waals surface area contributed by atoms with Crippen LogP contribution in [0.4, 0.5) is 5.69 Å². The van der Waals surface area contributed by atoms with Gasteiger partial charge in [-0.15, -0.1) is 0 Å². The highest BCUT2D eigenvalue weighted by Crippen LogP contribution is 2.13. The average Bonchev–Trinajstić information content (AvgIpc) is 2.35. The van der Waals surface area contributed by atoms with Gasteiger partial charge < -0.3 is 5.32 Å². The van der Waals surface area contributed by atoms with E-state index in [1.165, 1.54) is 50.6 Å². The lowest BCUT2D eigenvalue weighted by Gasteiger charge is -2.06. The maximum absolute atomic E-state index is 5.83. The molecule has 17 heavy (non-hydrogen) atoms. The Kier molecular flexibility index (Phi) is 7.91. The zero-order valence-electron chi connectivity index (χ0n) is 10.8. The number of nitrogens with one attached hydrogen (secondary N) is 1. The molecular formula is C15H24ClN. The van der Waals surface area contributed by atoms with Crippen molar-refractivity contribution >= 4 is 17.3 Å². The van der Waals surface area contributed by atoms with Crippen LogP contribution in [0.25, 0.3) is 0 Å². The molecule has 2 heteroatoms. The Bertz CT molecular complexity index is 281. The van der Waals surface area contributed by atoms with Crippen LogP contribution in [0.1, 0.15) is 51.9 Å². The third kappa shape index (κ3) is 7.27. The molecule has 1 aromatic carbocycles. The highest BCUT2D eigenvalue weighted by atomic mass is 35.5. The summed E-state index contributed by atoms with van der Waals surface area (Å²) in [5.41, 5.74) is 1.17. The molecule has 1 nitrogen and oxygen atoms in total. The summed E-state index contributed by atoms with van der Waals surface area (Å²) in [6.07, 6.45) is 9.50. The summed E-state index contributed by atoms with van der Waals surface area (Å²) >= 11 is 5.83. The fraction of sp³-hybridized carbons (Fsp3) is 0.600. The topological polar surface area (TPSA) is 12.0 Å². The Morgan fingerprint density at radius 3 is 2.12 bits per heavy atom. The molecule has 0 aromatic heterocycles. The molecule has 0 aliphatic carbocycles.